The molecule has 1 saturated carbocycles. The van der Waals surface area contributed by atoms with Crippen molar-refractivity contribution in [2.45, 2.75) is 61.7 Å². The normalized spacial score (nSPS) is 29.8. The maximum absolute atomic E-state index is 14.1. The molecule has 1 fully saturated rings. The number of halogens is 2. The highest BCUT2D eigenvalue weighted by Gasteiger charge is 2.28. The molecular formula is C19H23F2NO3S. The molecule has 0 amide bonds. The Labute approximate surface area is 152 Å². The van der Waals surface area contributed by atoms with Gasteiger partial charge in [0.2, 0.25) is 10.0 Å². The number of hydrogen-bond donors (Lipinski definition) is 2. The van der Waals surface area contributed by atoms with Crippen LogP contribution >= 0.6 is 0 Å². The maximum atomic E-state index is 14.1. The second-order valence-corrected chi connectivity index (χ2v) is 8.97. The Kier molecular flexibility index (Phi) is 5.33. The minimum absolute atomic E-state index is 0.100. The molecule has 0 bridgehead atoms. The van der Waals surface area contributed by atoms with Gasteiger partial charge in [-0.05, 0) is 56.4 Å². The third kappa shape index (κ3) is 4.39. The fraction of sp³-hybridized carbons (Fsp3) is 0.474. The number of hydrogen-bond acceptors (Lipinski definition) is 3. The van der Waals surface area contributed by atoms with Crippen LogP contribution in [0.1, 0.15) is 44.6 Å². The Morgan fingerprint density at radius 2 is 1.77 bits per heavy atom. The van der Waals surface area contributed by atoms with Crippen molar-refractivity contribution >= 4 is 15.6 Å². The Morgan fingerprint density at radius 1 is 1.15 bits per heavy atom. The molecule has 1 aromatic rings. The van der Waals surface area contributed by atoms with Gasteiger partial charge in [0.05, 0.1) is 11.0 Å². The van der Waals surface area contributed by atoms with Gasteiger partial charge in [0.15, 0.2) is 0 Å². The average molecular weight is 383 g/mol. The Hall–Kier alpha value is -1.57. The molecule has 26 heavy (non-hydrogen) atoms. The van der Waals surface area contributed by atoms with Crippen molar-refractivity contribution in [3.63, 3.8) is 0 Å². The van der Waals surface area contributed by atoms with Crippen molar-refractivity contribution in [3.8, 4) is 0 Å². The Balaban J connectivity index is 1.74. The van der Waals surface area contributed by atoms with E-state index in [0.717, 1.165) is 0 Å². The molecule has 0 aromatic heterocycles. The van der Waals surface area contributed by atoms with Crippen molar-refractivity contribution in [1.82, 2.24) is 4.72 Å². The zero-order chi connectivity index (χ0) is 18.9. The molecule has 2 aliphatic rings. The summed E-state index contributed by atoms with van der Waals surface area (Å²) < 4.78 is 55.6. The Morgan fingerprint density at radius 3 is 2.35 bits per heavy atom. The summed E-state index contributed by atoms with van der Waals surface area (Å²) >= 11 is 0. The van der Waals surface area contributed by atoms with Crippen molar-refractivity contribution in [2.24, 2.45) is 0 Å². The van der Waals surface area contributed by atoms with Gasteiger partial charge in [0.25, 0.3) is 0 Å². The fourth-order valence-electron chi connectivity index (χ4n) is 3.35. The smallest absolute Gasteiger partial charge is 0.240 e. The van der Waals surface area contributed by atoms with Crippen molar-refractivity contribution in [2.75, 3.05) is 0 Å². The minimum atomic E-state index is -3.68. The summed E-state index contributed by atoms with van der Waals surface area (Å²) in [7, 11) is -3.68. The van der Waals surface area contributed by atoms with Gasteiger partial charge in [-0.25, -0.2) is 21.9 Å². The minimum Gasteiger partial charge on any atom is -0.393 e. The molecule has 2 N–H and O–H groups in total. The standard InChI is InChI=1S/C19H23F2NO3S/c1-19(21)11-10-17(18(20)12-19)13-2-8-16(9-3-13)26(24,25)22-14-4-6-15(23)7-5-14/h2-3,8-11,14-15,22-23H,4-7,12H2,1H3. The van der Waals surface area contributed by atoms with Gasteiger partial charge in [0, 0.05) is 18.0 Å². The number of alkyl halides is 1. The lowest BCUT2D eigenvalue weighted by molar-refractivity contribution is 0.120. The molecule has 4 nitrogen and oxygen atoms in total. The molecule has 1 atom stereocenters. The van der Waals surface area contributed by atoms with Gasteiger partial charge in [-0.2, -0.15) is 0 Å². The SMILES string of the molecule is CC1(F)C=CC(c2ccc(S(=O)(=O)NC3CCC(O)CC3)cc2)=C(F)C1. The number of rotatable bonds is 4. The highest BCUT2D eigenvalue weighted by atomic mass is 32.2. The Bertz CT molecular complexity index is 821. The van der Waals surface area contributed by atoms with E-state index in [9.17, 15) is 22.3 Å². The second kappa shape index (κ2) is 7.21. The first-order chi connectivity index (χ1) is 12.2. The quantitative estimate of drug-likeness (QED) is 0.834. The number of sulfonamides is 1. The van der Waals surface area contributed by atoms with Crippen LogP contribution in [0.4, 0.5) is 8.78 Å². The van der Waals surface area contributed by atoms with Crippen LogP contribution in [-0.4, -0.2) is 31.3 Å². The van der Waals surface area contributed by atoms with Crippen LogP contribution < -0.4 is 4.72 Å². The molecule has 0 saturated heterocycles. The van der Waals surface area contributed by atoms with Crippen molar-refractivity contribution in [3.05, 3.63) is 47.8 Å². The molecule has 0 aliphatic heterocycles. The van der Waals surface area contributed by atoms with E-state index in [1.54, 1.807) is 0 Å². The molecule has 0 heterocycles. The van der Waals surface area contributed by atoms with E-state index in [-0.39, 0.29) is 29.0 Å². The maximum Gasteiger partial charge on any atom is 0.240 e. The predicted octanol–water partition coefficient (Wildman–Crippen LogP) is 3.64. The van der Waals surface area contributed by atoms with Crippen LogP contribution in [0.3, 0.4) is 0 Å². The van der Waals surface area contributed by atoms with E-state index in [0.29, 0.717) is 31.2 Å². The monoisotopic (exact) mass is 383 g/mol. The van der Waals surface area contributed by atoms with Gasteiger partial charge in [-0.15, -0.1) is 0 Å². The second-order valence-electron chi connectivity index (χ2n) is 7.26. The summed E-state index contributed by atoms with van der Waals surface area (Å²) in [6, 6.07) is 5.71. The molecule has 1 aromatic carbocycles. The van der Waals surface area contributed by atoms with Gasteiger partial charge >= 0.3 is 0 Å². The zero-order valence-corrected chi connectivity index (χ0v) is 15.4. The summed E-state index contributed by atoms with van der Waals surface area (Å²) in [6.45, 7) is 1.31. The van der Waals surface area contributed by atoms with E-state index in [4.69, 9.17) is 0 Å². The largest absolute Gasteiger partial charge is 0.393 e. The summed E-state index contributed by atoms with van der Waals surface area (Å²) in [5.41, 5.74) is -0.916. The predicted molar refractivity (Wildman–Crippen MR) is 96.3 cm³/mol. The van der Waals surface area contributed by atoms with Crippen LogP contribution in [-0.2, 0) is 10.0 Å². The topological polar surface area (TPSA) is 66.4 Å². The number of aliphatic hydroxyl groups is 1. The van der Waals surface area contributed by atoms with Crippen molar-refractivity contribution in [1.29, 1.82) is 0 Å². The van der Waals surface area contributed by atoms with Gasteiger partial charge in [-0.1, -0.05) is 18.2 Å². The van der Waals surface area contributed by atoms with E-state index in [2.05, 4.69) is 4.72 Å². The summed E-state index contributed by atoms with van der Waals surface area (Å²) in [5.74, 6) is -0.549. The highest BCUT2D eigenvalue weighted by molar-refractivity contribution is 7.89. The summed E-state index contributed by atoms with van der Waals surface area (Å²) in [5, 5.41) is 9.51. The molecule has 7 heteroatoms. The van der Waals surface area contributed by atoms with E-state index < -0.39 is 21.5 Å². The van der Waals surface area contributed by atoms with E-state index in [1.807, 2.05) is 0 Å². The highest BCUT2D eigenvalue weighted by Crippen LogP contribution is 2.35. The number of nitrogens with one attached hydrogen (secondary N) is 1. The molecule has 142 valence electrons. The molecule has 2 aliphatic carbocycles. The average Bonchev–Trinajstić information content (AvgIpc) is 2.56. The lowest BCUT2D eigenvalue weighted by Crippen LogP contribution is -2.38. The van der Waals surface area contributed by atoms with Gasteiger partial charge in [0.1, 0.15) is 11.5 Å². The van der Waals surface area contributed by atoms with Crippen molar-refractivity contribution < 1.29 is 22.3 Å². The number of benzene rings is 1. The van der Waals surface area contributed by atoms with Gasteiger partial charge < -0.3 is 5.11 Å². The molecule has 1 unspecified atom stereocenters. The number of allylic oxidation sites excluding steroid dienone is 4. The first-order valence-electron chi connectivity index (χ1n) is 8.74. The summed E-state index contributed by atoms with van der Waals surface area (Å²) in [6.07, 6.45) is 4.40. The lowest BCUT2D eigenvalue weighted by atomic mass is 9.91. The van der Waals surface area contributed by atoms with Gasteiger partial charge in [-0.3, -0.25) is 0 Å². The molecular weight excluding hydrogens is 360 g/mol. The first-order valence-corrected chi connectivity index (χ1v) is 10.2. The van der Waals surface area contributed by atoms with E-state index in [1.165, 1.54) is 43.3 Å². The lowest BCUT2D eigenvalue weighted by Gasteiger charge is -2.26. The third-order valence-corrected chi connectivity index (χ3v) is 6.42. The zero-order valence-electron chi connectivity index (χ0n) is 14.6. The van der Waals surface area contributed by atoms with Crippen LogP contribution in [0.15, 0.2) is 47.1 Å². The third-order valence-electron chi connectivity index (χ3n) is 4.88. The fourth-order valence-corrected chi connectivity index (χ4v) is 4.66. The van der Waals surface area contributed by atoms with Crippen LogP contribution in [0.5, 0.6) is 0 Å². The number of aliphatic hydroxyl groups excluding tert-OH is 1. The first kappa shape index (κ1) is 19.2. The summed E-state index contributed by atoms with van der Waals surface area (Å²) in [4.78, 5) is 0.100. The molecule has 0 radical (unpaired) electrons. The van der Waals surface area contributed by atoms with Crippen LogP contribution in [0.2, 0.25) is 0 Å². The van der Waals surface area contributed by atoms with Crippen LogP contribution in [0, 0.1) is 0 Å². The van der Waals surface area contributed by atoms with Crippen LogP contribution in [0.25, 0.3) is 5.57 Å². The van der Waals surface area contributed by atoms with E-state index >= 15 is 0 Å². The molecule has 3 rings (SSSR count). The molecule has 0 spiro atoms.